The first kappa shape index (κ1) is 17.5. The van der Waals surface area contributed by atoms with Crippen LogP contribution in [0.25, 0.3) is 0 Å². The van der Waals surface area contributed by atoms with Gasteiger partial charge in [0.05, 0.1) is 11.8 Å². The molecule has 7 heteroatoms. The van der Waals surface area contributed by atoms with E-state index in [-0.39, 0.29) is 17.7 Å². The Morgan fingerprint density at radius 2 is 2.28 bits per heavy atom. The summed E-state index contributed by atoms with van der Waals surface area (Å²) in [6, 6.07) is 6.94. The molecule has 25 heavy (non-hydrogen) atoms. The summed E-state index contributed by atoms with van der Waals surface area (Å²) in [6.07, 6.45) is 7.02. The van der Waals surface area contributed by atoms with Gasteiger partial charge in [0.1, 0.15) is 5.03 Å². The van der Waals surface area contributed by atoms with E-state index in [9.17, 15) is 9.59 Å². The molecule has 0 aromatic carbocycles. The fourth-order valence-corrected chi connectivity index (χ4v) is 3.58. The first-order valence-corrected chi connectivity index (χ1v) is 9.51. The van der Waals surface area contributed by atoms with Crippen molar-refractivity contribution in [3.8, 4) is 0 Å². The number of thioether (sulfide) groups is 1. The number of piperidine rings is 1. The van der Waals surface area contributed by atoms with Crippen molar-refractivity contribution in [3.63, 3.8) is 0 Å². The maximum absolute atomic E-state index is 12.8. The smallest absolute Gasteiger partial charge is 0.286 e. The zero-order valence-electron chi connectivity index (χ0n) is 14.1. The van der Waals surface area contributed by atoms with Gasteiger partial charge in [-0.1, -0.05) is 0 Å². The van der Waals surface area contributed by atoms with Crippen LogP contribution in [-0.4, -0.2) is 47.6 Å². The fraction of sp³-hybridized carbons (Fsp3) is 0.389. The summed E-state index contributed by atoms with van der Waals surface area (Å²) in [5.41, 5.74) is 0.648. The highest BCUT2D eigenvalue weighted by Crippen LogP contribution is 2.22. The topological polar surface area (TPSA) is 75.4 Å². The Bertz CT molecular complexity index is 733. The van der Waals surface area contributed by atoms with Gasteiger partial charge in [-0.05, 0) is 49.3 Å². The molecule has 6 nitrogen and oxygen atoms in total. The Labute approximate surface area is 151 Å². The lowest BCUT2D eigenvalue weighted by Gasteiger charge is -2.33. The van der Waals surface area contributed by atoms with E-state index in [1.165, 1.54) is 18.0 Å². The molecule has 0 unspecified atom stereocenters. The van der Waals surface area contributed by atoms with Gasteiger partial charge in [-0.15, -0.1) is 11.8 Å². The second kappa shape index (κ2) is 8.20. The predicted octanol–water partition coefficient (Wildman–Crippen LogP) is 2.68. The Kier molecular flexibility index (Phi) is 5.75. The van der Waals surface area contributed by atoms with Crippen molar-refractivity contribution in [1.82, 2.24) is 15.2 Å². The maximum Gasteiger partial charge on any atom is 0.286 e. The second-order valence-corrected chi connectivity index (χ2v) is 6.80. The molecular weight excluding hydrogens is 338 g/mol. The number of furan rings is 1. The molecule has 2 aromatic rings. The molecule has 0 saturated carbocycles. The molecule has 1 N–H and O–H groups in total. The van der Waals surface area contributed by atoms with E-state index in [0.29, 0.717) is 24.4 Å². The van der Waals surface area contributed by atoms with Crippen LogP contribution < -0.4 is 5.32 Å². The molecule has 2 amide bonds. The summed E-state index contributed by atoms with van der Waals surface area (Å²) in [6.45, 7) is 1.91. The number of likely N-dealkylation sites (tertiary alicyclic amines) is 1. The van der Waals surface area contributed by atoms with Crippen molar-refractivity contribution < 1.29 is 14.0 Å². The van der Waals surface area contributed by atoms with Gasteiger partial charge < -0.3 is 14.6 Å². The predicted molar refractivity (Wildman–Crippen MR) is 95.7 cm³/mol. The van der Waals surface area contributed by atoms with E-state index in [0.717, 1.165) is 24.4 Å². The second-order valence-electron chi connectivity index (χ2n) is 6.01. The van der Waals surface area contributed by atoms with Crippen LogP contribution >= 0.6 is 11.8 Å². The highest BCUT2D eigenvalue weighted by atomic mass is 32.2. The Hall–Kier alpha value is -2.28. The third-order valence-corrected chi connectivity index (χ3v) is 5.01. The van der Waals surface area contributed by atoms with Gasteiger partial charge in [0.2, 0.25) is 0 Å². The molecule has 1 fully saturated rings. The minimum Gasteiger partial charge on any atom is -0.459 e. The lowest BCUT2D eigenvalue weighted by atomic mass is 9.97. The molecular formula is C18H21N3O3S. The number of hydrogen-bond acceptors (Lipinski definition) is 5. The number of nitrogens with one attached hydrogen (secondary N) is 1. The number of hydrogen-bond donors (Lipinski definition) is 1. The summed E-state index contributed by atoms with van der Waals surface area (Å²) in [4.78, 5) is 30.9. The lowest BCUT2D eigenvalue weighted by Crippen LogP contribution is -2.43. The maximum atomic E-state index is 12.8. The van der Waals surface area contributed by atoms with Crippen LogP contribution in [0.5, 0.6) is 0 Å². The van der Waals surface area contributed by atoms with Crippen LogP contribution in [0.4, 0.5) is 0 Å². The number of pyridine rings is 1. The van der Waals surface area contributed by atoms with E-state index in [2.05, 4.69) is 10.3 Å². The van der Waals surface area contributed by atoms with Gasteiger partial charge in [0.15, 0.2) is 5.76 Å². The highest BCUT2D eigenvalue weighted by Gasteiger charge is 2.26. The number of carbonyl (C=O) groups is 2. The summed E-state index contributed by atoms with van der Waals surface area (Å²) < 4.78 is 5.09. The standard InChI is InChI=1S/C18H21N3O3S/c1-25-17-14(6-2-8-19-17)18(23)21-9-3-5-13(12-21)11-20-16(22)15-7-4-10-24-15/h2,4,6-8,10,13H,3,5,9,11-12H2,1H3,(H,20,22)/t13-/m1/s1. The van der Waals surface area contributed by atoms with E-state index >= 15 is 0 Å². The van der Waals surface area contributed by atoms with Crippen molar-refractivity contribution >= 4 is 23.6 Å². The summed E-state index contributed by atoms with van der Waals surface area (Å²) in [7, 11) is 0. The van der Waals surface area contributed by atoms with E-state index in [4.69, 9.17) is 4.42 Å². The third-order valence-electron chi connectivity index (χ3n) is 4.30. The lowest BCUT2D eigenvalue weighted by molar-refractivity contribution is 0.0665. The largest absolute Gasteiger partial charge is 0.459 e. The van der Waals surface area contributed by atoms with Crippen LogP contribution in [0.1, 0.15) is 33.8 Å². The van der Waals surface area contributed by atoms with E-state index in [1.54, 1.807) is 24.4 Å². The van der Waals surface area contributed by atoms with Gasteiger partial charge in [-0.2, -0.15) is 0 Å². The normalized spacial score (nSPS) is 17.3. The van der Waals surface area contributed by atoms with Crippen molar-refractivity contribution in [1.29, 1.82) is 0 Å². The zero-order chi connectivity index (χ0) is 17.6. The van der Waals surface area contributed by atoms with Crippen LogP contribution in [0.2, 0.25) is 0 Å². The molecule has 3 heterocycles. The van der Waals surface area contributed by atoms with E-state index in [1.807, 2.05) is 17.2 Å². The van der Waals surface area contributed by atoms with Crippen molar-refractivity contribution in [3.05, 3.63) is 48.0 Å². The molecule has 0 aliphatic carbocycles. The van der Waals surface area contributed by atoms with Crippen LogP contribution in [0.15, 0.2) is 46.2 Å². The molecule has 132 valence electrons. The average molecular weight is 359 g/mol. The molecule has 1 saturated heterocycles. The van der Waals surface area contributed by atoms with Gasteiger partial charge in [0, 0.05) is 25.8 Å². The quantitative estimate of drug-likeness (QED) is 0.831. The van der Waals surface area contributed by atoms with Gasteiger partial charge in [0.25, 0.3) is 11.8 Å². The van der Waals surface area contributed by atoms with Gasteiger partial charge in [-0.3, -0.25) is 9.59 Å². The van der Waals surface area contributed by atoms with Crippen molar-refractivity contribution in [2.24, 2.45) is 5.92 Å². The van der Waals surface area contributed by atoms with Crippen LogP contribution in [0, 0.1) is 5.92 Å². The first-order chi connectivity index (χ1) is 12.2. The SMILES string of the molecule is CSc1ncccc1C(=O)N1CCC[C@H](CNC(=O)c2ccco2)C1. The molecule has 1 atom stereocenters. The van der Waals surface area contributed by atoms with E-state index < -0.39 is 0 Å². The first-order valence-electron chi connectivity index (χ1n) is 8.29. The summed E-state index contributed by atoms with van der Waals surface area (Å²) >= 11 is 1.48. The number of nitrogens with zero attached hydrogens (tertiary/aromatic N) is 2. The number of amides is 2. The van der Waals surface area contributed by atoms with Crippen molar-refractivity contribution in [2.45, 2.75) is 17.9 Å². The Morgan fingerprint density at radius 1 is 1.40 bits per heavy atom. The zero-order valence-corrected chi connectivity index (χ0v) is 14.9. The molecule has 0 bridgehead atoms. The fourth-order valence-electron chi connectivity index (χ4n) is 3.03. The Morgan fingerprint density at radius 3 is 3.04 bits per heavy atom. The highest BCUT2D eigenvalue weighted by molar-refractivity contribution is 7.98. The summed E-state index contributed by atoms with van der Waals surface area (Å²) in [5, 5.41) is 3.64. The summed E-state index contributed by atoms with van der Waals surface area (Å²) in [5.74, 6) is 0.347. The molecule has 1 aliphatic heterocycles. The number of aromatic nitrogens is 1. The molecule has 0 radical (unpaired) electrons. The van der Waals surface area contributed by atoms with Gasteiger partial charge in [-0.25, -0.2) is 4.98 Å². The van der Waals surface area contributed by atoms with Crippen molar-refractivity contribution in [2.75, 3.05) is 25.9 Å². The van der Waals surface area contributed by atoms with Crippen LogP contribution in [0.3, 0.4) is 0 Å². The van der Waals surface area contributed by atoms with Crippen LogP contribution in [-0.2, 0) is 0 Å². The molecule has 1 aliphatic rings. The monoisotopic (exact) mass is 359 g/mol. The number of carbonyl (C=O) groups excluding carboxylic acids is 2. The molecule has 3 rings (SSSR count). The minimum atomic E-state index is -0.217. The third kappa shape index (κ3) is 4.22. The number of rotatable bonds is 5. The molecule has 0 spiro atoms. The molecule has 2 aromatic heterocycles. The Balaban J connectivity index is 1.59. The van der Waals surface area contributed by atoms with Gasteiger partial charge >= 0.3 is 0 Å². The average Bonchev–Trinajstić information content (AvgIpc) is 3.20. The minimum absolute atomic E-state index is 0.0134.